The van der Waals surface area contributed by atoms with E-state index in [0.29, 0.717) is 13.1 Å². The maximum absolute atomic E-state index is 12.2. The summed E-state index contributed by atoms with van der Waals surface area (Å²) in [4.78, 5) is 16.3. The molecule has 7 nitrogen and oxygen atoms in total. The number of hydrogen-bond acceptors (Lipinski definition) is 6. The first-order chi connectivity index (χ1) is 16.9. The number of carbonyl (C=O) groups is 1. The third kappa shape index (κ3) is 4.72. The van der Waals surface area contributed by atoms with Crippen LogP contribution in [-0.4, -0.2) is 48.0 Å². The molecule has 0 unspecified atom stereocenters. The molecule has 3 aromatic rings. The van der Waals surface area contributed by atoms with E-state index in [1.165, 1.54) is 11.3 Å². The van der Waals surface area contributed by atoms with Crippen molar-refractivity contribution >= 4 is 17.5 Å². The Morgan fingerprint density at radius 3 is 2.46 bits per heavy atom. The number of anilines is 2. The number of likely N-dealkylation sites (tertiary alicyclic amines) is 1. The number of amides is 1. The van der Waals surface area contributed by atoms with Crippen molar-refractivity contribution in [1.29, 1.82) is 0 Å². The van der Waals surface area contributed by atoms with Gasteiger partial charge in [0.15, 0.2) is 0 Å². The zero-order valence-corrected chi connectivity index (χ0v) is 20.9. The highest BCUT2D eigenvalue weighted by Gasteiger charge is 2.28. The van der Waals surface area contributed by atoms with Gasteiger partial charge >= 0.3 is 6.09 Å². The minimum atomic E-state index is -0.227. The van der Waals surface area contributed by atoms with Gasteiger partial charge in [-0.3, -0.25) is 0 Å². The van der Waals surface area contributed by atoms with E-state index < -0.39 is 0 Å². The van der Waals surface area contributed by atoms with Crippen LogP contribution in [0, 0.1) is 13.8 Å². The van der Waals surface area contributed by atoms with E-state index in [2.05, 4.69) is 52.5 Å². The number of aromatic nitrogens is 1. The number of benzene rings is 2. The van der Waals surface area contributed by atoms with Crippen LogP contribution in [0.25, 0.3) is 11.1 Å². The van der Waals surface area contributed by atoms with E-state index in [-0.39, 0.29) is 18.3 Å². The van der Waals surface area contributed by atoms with Crippen LogP contribution in [0.2, 0.25) is 0 Å². The molecule has 1 saturated heterocycles. The molecule has 0 N–H and O–H groups in total. The molecular weight excluding hydrogens is 442 g/mol. The van der Waals surface area contributed by atoms with E-state index in [1.54, 1.807) is 4.90 Å². The van der Waals surface area contributed by atoms with Crippen molar-refractivity contribution in [2.45, 2.75) is 59.2 Å². The quantitative estimate of drug-likeness (QED) is 0.448. The SMILES string of the molecule is Cc1noc(C)c1-c1ccc(N2CCc3c(OC4CCN(C(=O)OC(C)C)CC4)cccc32)cc1. The smallest absolute Gasteiger partial charge is 0.410 e. The Kier molecular flexibility index (Phi) is 6.41. The van der Waals surface area contributed by atoms with E-state index in [1.807, 2.05) is 27.7 Å². The first-order valence-corrected chi connectivity index (χ1v) is 12.5. The lowest BCUT2D eigenvalue weighted by Crippen LogP contribution is -2.42. The Morgan fingerprint density at radius 1 is 1.06 bits per heavy atom. The fraction of sp³-hybridized carbons (Fsp3) is 0.429. The van der Waals surface area contributed by atoms with E-state index in [4.69, 9.17) is 14.0 Å². The third-order valence-electron chi connectivity index (χ3n) is 6.82. The van der Waals surface area contributed by atoms with Crippen LogP contribution in [0.3, 0.4) is 0 Å². The summed E-state index contributed by atoms with van der Waals surface area (Å²) in [7, 11) is 0. The number of carbonyl (C=O) groups excluding carboxylic acids is 1. The van der Waals surface area contributed by atoms with Crippen molar-refractivity contribution in [2.75, 3.05) is 24.5 Å². The molecule has 2 aliphatic rings. The molecule has 0 radical (unpaired) electrons. The molecule has 5 rings (SSSR count). The molecule has 0 atom stereocenters. The fourth-order valence-electron chi connectivity index (χ4n) is 5.10. The number of rotatable bonds is 5. The highest BCUT2D eigenvalue weighted by Crippen LogP contribution is 2.41. The number of nitrogens with zero attached hydrogens (tertiary/aromatic N) is 3. The van der Waals surface area contributed by atoms with Crippen molar-refractivity contribution in [2.24, 2.45) is 0 Å². The Morgan fingerprint density at radius 2 is 1.80 bits per heavy atom. The van der Waals surface area contributed by atoms with E-state index in [0.717, 1.165) is 59.8 Å². The molecule has 184 valence electrons. The average Bonchev–Trinajstić information content (AvgIpc) is 3.43. The topological polar surface area (TPSA) is 68.0 Å². The normalized spacial score (nSPS) is 16.0. The van der Waals surface area contributed by atoms with Gasteiger partial charge < -0.3 is 23.8 Å². The molecule has 1 aromatic heterocycles. The van der Waals surface area contributed by atoms with Crippen LogP contribution in [0.15, 0.2) is 47.0 Å². The predicted octanol–water partition coefficient (Wildman–Crippen LogP) is 6.04. The van der Waals surface area contributed by atoms with Gasteiger partial charge in [0.2, 0.25) is 0 Å². The zero-order valence-electron chi connectivity index (χ0n) is 20.9. The summed E-state index contributed by atoms with van der Waals surface area (Å²) in [6.07, 6.45) is 2.34. The number of hydrogen-bond donors (Lipinski definition) is 0. The Hall–Kier alpha value is -3.48. The van der Waals surface area contributed by atoms with Gasteiger partial charge in [0.25, 0.3) is 0 Å². The molecule has 1 amide bonds. The maximum Gasteiger partial charge on any atom is 0.410 e. The third-order valence-corrected chi connectivity index (χ3v) is 6.82. The van der Waals surface area contributed by atoms with Crippen LogP contribution < -0.4 is 9.64 Å². The Balaban J connectivity index is 1.27. The number of ether oxygens (including phenoxy) is 2. The lowest BCUT2D eigenvalue weighted by molar-refractivity contribution is 0.0515. The minimum Gasteiger partial charge on any atom is -0.490 e. The highest BCUT2D eigenvalue weighted by molar-refractivity contribution is 5.75. The summed E-state index contributed by atoms with van der Waals surface area (Å²) in [5.41, 5.74) is 6.71. The monoisotopic (exact) mass is 475 g/mol. The van der Waals surface area contributed by atoms with Crippen LogP contribution in [0.1, 0.15) is 43.7 Å². The summed E-state index contributed by atoms with van der Waals surface area (Å²) in [5, 5.41) is 4.08. The first-order valence-electron chi connectivity index (χ1n) is 12.5. The number of piperidine rings is 1. The molecule has 0 aliphatic carbocycles. The summed E-state index contributed by atoms with van der Waals surface area (Å²) in [6, 6.07) is 14.9. The van der Waals surface area contributed by atoms with Crippen molar-refractivity contribution in [3.63, 3.8) is 0 Å². The molecule has 2 aliphatic heterocycles. The van der Waals surface area contributed by atoms with Gasteiger partial charge in [-0.1, -0.05) is 23.4 Å². The second-order valence-corrected chi connectivity index (χ2v) is 9.64. The summed E-state index contributed by atoms with van der Waals surface area (Å²) < 4.78 is 17.1. The fourth-order valence-corrected chi connectivity index (χ4v) is 5.10. The van der Waals surface area contributed by atoms with Crippen molar-refractivity contribution in [1.82, 2.24) is 10.1 Å². The second-order valence-electron chi connectivity index (χ2n) is 9.64. The molecule has 1 fully saturated rings. The van der Waals surface area contributed by atoms with Gasteiger partial charge in [-0.15, -0.1) is 0 Å². The van der Waals surface area contributed by atoms with Crippen LogP contribution >= 0.6 is 0 Å². The van der Waals surface area contributed by atoms with E-state index in [9.17, 15) is 4.79 Å². The van der Waals surface area contributed by atoms with E-state index >= 15 is 0 Å². The highest BCUT2D eigenvalue weighted by atomic mass is 16.6. The number of fused-ring (bicyclic) bond motifs is 1. The average molecular weight is 476 g/mol. The van der Waals surface area contributed by atoms with Gasteiger partial charge in [0, 0.05) is 55.0 Å². The largest absolute Gasteiger partial charge is 0.490 e. The lowest BCUT2D eigenvalue weighted by atomic mass is 10.0. The van der Waals surface area contributed by atoms with Crippen molar-refractivity contribution in [3.05, 3.63) is 59.5 Å². The standard InChI is InChI=1S/C28H33N3O4/c1-18(2)33-28(32)30-15-12-23(13-16-30)34-26-7-5-6-25-24(26)14-17-31(25)22-10-8-21(9-11-22)27-19(3)29-35-20(27)4/h5-11,18,23H,12-17H2,1-4H3. The molecule has 0 spiro atoms. The number of aryl methyl sites for hydroxylation is 2. The van der Waals surface area contributed by atoms with Crippen LogP contribution in [0.4, 0.5) is 16.2 Å². The molecule has 35 heavy (non-hydrogen) atoms. The first kappa shape index (κ1) is 23.3. The summed E-state index contributed by atoms with van der Waals surface area (Å²) in [5.74, 6) is 1.80. The predicted molar refractivity (Wildman–Crippen MR) is 135 cm³/mol. The minimum absolute atomic E-state index is 0.0987. The van der Waals surface area contributed by atoms with Gasteiger partial charge in [-0.2, -0.15) is 0 Å². The molecule has 0 saturated carbocycles. The second kappa shape index (κ2) is 9.64. The Bertz CT molecular complexity index is 1170. The van der Waals surface area contributed by atoms with Crippen LogP contribution in [-0.2, 0) is 11.2 Å². The van der Waals surface area contributed by atoms with Crippen molar-refractivity contribution in [3.8, 4) is 16.9 Å². The van der Waals surface area contributed by atoms with Crippen LogP contribution in [0.5, 0.6) is 5.75 Å². The van der Waals surface area contributed by atoms with Gasteiger partial charge in [-0.25, -0.2) is 4.79 Å². The lowest BCUT2D eigenvalue weighted by Gasteiger charge is -2.32. The summed E-state index contributed by atoms with van der Waals surface area (Å²) >= 11 is 0. The molecule has 0 bridgehead atoms. The zero-order chi connectivity index (χ0) is 24.5. The molecular formula is C28H33N3O4. The summed E-state index contributed by atoms with van der Waals surface area (Å²) in [6.45, 7) is 9.91. The van der Waals surface area contributed by atoms with Gasteiger partial charge in [0.1, 0.15) is 17.6 Å². The van der Waals surface area contributed by atoms with Gasteiger partial charge in [-0.05, 0) is 63.9 Å². The molecule has 7 heteroatoms. The molecule has 2 aromatic carbocycles. The van der Waals surface area contributed by atoms with Crippen molar-refractivity contribution < 1.29 is 18.8 Å². The maximum atomic E-state index is 12.2. The Labute approximate surface area is 206 Å². The van der Waals surface area contributed by atoms with Gasteiger partial charge in [0.05, 0.1) is 11.8 Å². The molecule has 3 heterocycles.